The molecule has 0 amide bonds. The van der Waals surface area contributed by atoms with Crippen LogP contribution in [0.1, 0.15) is 37.3 Å². The molecule has 5 nitrogen and oxygen atoms in total. The predicted molar refractivity (Wildman–Crippen MR) is 87.1 cm³/mol. The number of rotatable bonds is 8. The molecule has 6 heteroatoms. The van der Waals surface area contributed by atoms with Crippen molar-refractivity contribution in [1.29, 1.82) is 0 Å². The molecule has 1 unspecified atom stereocenters. The van der Waals surface area contributed by atoms with E-state index in [2.05, 4.69) is 24.1 Å². The molecule has 0 aromatic carbocycles. The van der Waals surface area contributed by atoms with E-state index in [-0.39, 0.29) is 0 Å². The molecule has 0 saturated carbocycles. The van der Waals surface area contributed by atoms with Gasteiger partial charge in [-0.3, -0.25) is 0 Å². The van der Waals surface area contributed by atoms with Crippen LogP contribution >= 0.6 is 11.3 Å². The van der Waals surface area contributed by atoms with Gasteiger partial charge in [0.1, 0.15) is 0 Å². The highest BCUT2D eigenvalue weighted by Gasteiger charge is 2.23. The summed E-state index contributed by atoms with van der Waals surface area (Å²) in [6.45, 7) is 9.42. The third kappa shape index (κ3) is 4.64. The molecule has 0 spiro atoms. The molecule has 1 N–H and O–H groups in total. The first-order chi connectivity index (χ1) is 10.3. The van der Waals surface area contributed by atoms with E-state index in [1.807, 2.05) is 0 Å². The third-order valence-electron chi connectivity index (χ3n) is 3.63. The number of hydrogen-bond donors (Lipinski definition) is 1. The van der Waals surface area contributed by atoms with Crippen LogP contribution in [0.5, 0.6) is 0 Å². The third-order valence-corrected chi connectivity index (χ3v) is 4.79. The molecule has 1 atom stereocenters. The molecule has 0 bridgehead atoms. The fraction of sp³-hybridized carbons (Fsp3) is 0.800. The van der Waals surface area contributed by atoms with Crippen LogP contribution in [0.3, 0.4) is 0 Å². The van der Waals surface area contributed by atoms with Gasteiger partial charge in [-0.15, -0.1) is 11.3 Å². The second-order valence-electron chi connectivity index (χ2n) is 5.25. The molecule has 0 radical (unpaired) electrons. The van der Waals surface area contributed by atoms with Crippen molar-refractivity contribution in [3.8, 4) is 0 Å². The zero-order chi connectivity index (χ0) is 15.1. The van der Waals surface area contributed by atoms with Crippen molar-refractivity contribution in [1.82, 2.24) is 10.3 Å². The molecule has 1 aromatic rings. The first kappa shape index (κ1) is 16.7. The van der Waals surface area contributed by atoms with Gasteiger partial charge in [0, 0.05) is 38.2 Å². The number of aromatic nitrogens is 1. The normalized spacial score (nSPS) is 19.2. The number of piperidine rings is 1. The fourth-order valence-corrected chi connectivity index (χ4v) is 3.68. The van der Waals surface area contributed by atoms with E-state index in [1.54, 1.807) is 18.4 Å². The number of thiazole rings is 1. The lowest BCUT2D eigenvalue weighted by Crippen LogP contribution is -2.39. The van der Waals surface area contributed by atoms with Crippen LogP contribution in [-0.4, -0.2) is 44.4 Å². The fourth-order valence-electron chi connectivity index (χ4n) is 2.61. The summed E-state index contributed by atoms with van der Waals surface area (Å²) in [4.78, 5) is 8.44. The second-order valence-corrected chi connectivity index (χ2v) is 6.31. The van der Waals surface area contributed by atoms with Gasteiger partial charge in [0.15, 0.2) is 5.13 Å². The molecule has 2 rings (SSSR count). The van der Waals surface area contributed by atoms with Gasteiger partial charge in [0.25, 0.3) is 0 Å². The summed E-state index contributed by atoms with van der Waals surface area (Å²) < 4.78 is 11.1. The van der Waals surface area contributed by atoms with Crippen molar-refractivity contribution >= 4 is 16.5 Å². The molecular formula is C15H27N3O2S. The summed E-state index contributed by atoms with van der Waals surface area (Å²) in [5.41, 5.74) is 1.07. The van der Waals surface area contributed by atoms with E-state index in [0.29, 0.717) is 12.7 Å². The van der Waals surface area contributed by atoms with Crippen LogP contribution in [0.2, 0.25) is 0 Å². The van der Waals surface area contributed by atoms with Crippen LogP contribution in [0.15, 0.2) is 0 Å². The van der Waals surface area contributed by atoms with Gasteiger partial charge in [0.05, 0.1) is 18.4 Å². The van der Waals surface area contributed by atoms with Crippen LogP contribution < -0.4 is 10.2 Å². The highest BCUT2D eigenvalue weighted by molar-refractivity contribution is 7.15. The van der Waals surface area contributed by atoms with Gasteiger partial charge < -0.3 is 19.7 Å². The molecule has 1 fully saturated rings. The summed E-state index contributed by atoms with van der Waals surface area (Å²) in [6, 6.07) is 0. The van der Waals surface area contributed by atoms with Crippen molar-refractivity contribution in [2.45, 2.75) is 45.9 Å². The minimum absolute atomic E-state index is 0.343. The smallest absolute Gasteiger partial charge is 0.186 e. The maximum absolute atomic E-state index is 5.78. The average Bonchev–Trinajstić information content (AvgIpc) is 2.89. The lowest BCUT2D eigenvalue weighted by molar-refractivity contribution is 0.0526. The van der Waals surface area contributed by atoms with Crippen molar-refractivity contribution in [3.05, 3.63) is 10.6 Å². The van der Waals surface area contributed by atoms with E-state index in [9.17, 15) is 0 Å². The molecule has 1 saturated heterocycles. The Morgan fingerprint density at radius 2 is 2.29 bits per heavy atom. The SMILES string of the molecule is CCNCc1sc(N2CCCC(OCC)C2)nc1COC. The quantitative estimate of drug-likeness (QED) is 0.798. The van der Waals surface area contributed by atoms with E-state index in [1.165, 1.54) is 11.3 Å². The summed E-state index contributed by atoms with van der Waals surface area (Å²) in [5, 5.41) is 4.49. The molecule has 21 heavy (non-hydrogen) atoms. The monoisotopic (exact) mass is 313 g/mol. The van der Waals surface area contributed by atoms with Crippen molar-refractivity contribution in [2.24, 2.45) is 0 Å². The van der Waals surface area contributed by atoms with Crippen LogP contribution in [0, 0.1) is 0 Å². The van der Waals surface area contributed by atoms with Gasteiger partial charge in [-0.25, -0.2) is 4.98 Å². The van der Waals surface area contributed by atoms with Crippen LogP contribution in [0.4, 0.5) is 5.13 Å². The van der Waals surface area contributed by atoms with Gasteiger partial charge in [0.2, 0.25) is 0 Å². The minimum atomic E-state index is 0.343. The van der Waals surface area contributed by atoms with E-state index in [0.717, 1.165) is 50.0 Å². The lowest BCUT2D eigenvalue weighted by atomic mass is 10.1. The number of ether oxygens (including phenoxy) is 2. The van der Waals surface area contributed by atoms with E-state index in [4.69, 9.17) is 14.5 Å². The van der Waals surface area contributed by atoms with Crippen molar-refractivity contribution in [2.75, 3.05) is 38.3 Å². The van der Waals surface area contributed by atoms with Crippen molar-refractivity contribution in [3.63, 3.8) is 0 Å². The van der Waals surface area contributed by atoms with E-state index < -0.39 is 0 Å². The van der Waals surface area contributed by atoms with Gasteiger partial charge in [-0.1, -0.05) is 6.92 Å². The van der Waals surface area contributed by atoms with Gasteiger partial charge in [-0.05, 0) is 26.3 Å². The zero-order valence-electron chi connectivity index (χ0n) is 13.4. The first-order valence-electron chi connectivity index (χ1n) is 7.83. The Kier molecular flexibility index (Phi) is 6.89. The largest absolute Gasteiger partial charge is 0.378 e. The Balaban J connectivity index is 2.07. The molecule has 0 aliphatic carbocycles. The Labute approximate surface area is 131 Å². The second kappa shape index (κ2) is 8.68. The topological polar surface area (TPSA) is 46.6 Å². The summed E-state index contributed by atoms with van der Waals surface area (Å²) in [6.07, 6.45) is 2.67. The maximum Gasteiger partial charge on any atom is 0.186 e. The lowest BCUT2D eigenvalue weighted by Gasteiger charge is -2.32. The summed E-state index contributed by atoms with van der Waals surface area (Å²) in [5.74, 6) is 0. The van der Waals surface area contributed by atoms with Gasteiger partial charge in [-0.2, -0.15) is 0 Å². The highest BCUT2D eigenvalue weighted by Crippen LogP contribution is 2.29. The molecule has 2 heterocycles. The number of nitrogens with one attached hydrogen (secondary N) is 1. The Morgan fingerprint density at radius 3 is 3.00 bits per heavy atom. The average molecular weight is 313 g/mol. The first-order valence-corrected chi connectivity index (χ1v) is 8.64. The Bertz CT molecular complexity index is 423. The number of anilines is 1. The van der Waals surface area contributed by atoms with Crippen molar-refractivity contribution < 1.29 is 9.47 Å². The Morgan fingerprint density at radius 1 is 1.43 bits per heavy atom. The van der Waals surface area contributed by atoms with Crippen LogP contribution in [-0.2, 0) is 22.6 Å². The highest BCUT2D eigenvalue weighted by atomic mass is 32.1. The molecule has 1 aromatic heterocycles. The molecule has 1 aliphatic rings. The molecule has 120 valence electrons. The summed E-state index contributed by atoms with van der Waals surface area (Å²) >= 11 is 1.78. The Hall–Kier alpha value is -0.690. The zero-order valence-corrected chi connectivity index (χ0v) is 14.2. The van der Waals surface area contributed by atoms with Crippen LogP contribution in [0.25, 0.3) is 0 Å². The standard InChI is InChI=1S/C15H27N3O2S/c1-4-16-9-14-13(11-19-3)17-15(21-14)18-8-6-7-12(10-18)20-5-2/h12,16H,4-11H2,1-3H3. The van der Waals surface area contributed by atoms with Gasteiger partial charge >= 0.3 is 0 Å². The molecule has 1 aliphatic heterocycles. The number of nitrogens with zero attached hydrogens (tertiary/aromatic N) is 2. The summed E-state index contributed by atoms with van der Waals surface area (Å²) in [7, 11) is 1.72. The molecular weight excluding hydrogens is 286 g/mol. The van der Waals surface area contributed by atoms with E-state index >= 15 is 0 Å². The predicted octanol–water partition coefficient (Wildman–Crippen LogP) is 2.40. The number of hydrogen-bond acceptors (Lipinski definition) is 6. The number of methoxy groups -OCH3 is 1. The maximum atomic E-state index is 5.78. The minimum Gasteiger partial charge on any atom is -0.378 e.